The van der Waals surface area contributed by atoms with E-state index in [1.54, 1.807) is 0 Å². The first-order valence-corrected chi connectivity index (χ1v) is 14.2. The molecular weight excluding hydrogens is 502 g/mol. The van der Waals surface area contributed by atoms with E-state index in [0.29, 0.717) is 32.5 Å². The van der Waals surface area contributed by atoms with Crippen LogP contribution in [0.2, 0.25) is 0 Å². The summed E-state index contributed by atoms with van der Waals surface area (Å²) in [6.45, 7) is 2.67. The Bertz CT molecular complexity index is 1150. The standard InChI is InChI=1S/C27H36F2N2O5S/c1-19-13-22(20-7-5-4-6-8-20)18-37(32,33)31(19)17-21-14-25(29)23(15-24(21)28)27(9-11-36-12-10-27)30-16-26(34-2)35-3/h4-8,14-15,19,22,26,30H,9-13,16-18H2,1-3H3/t19-,22?/m0/s1. The molecule has 0 aliphatic carbocycles. The van der Waals surface area contributed by atoms with Crippen molar-refractivity contribution in [3.63, 3.8) is 0 Å². The fourth-order valence-corrected chi connectivity index (χ4v) is 7.48. The Hall–Kier alpha value is -1.95. The number of nitrogens with zero attached hydrogens (tertiary/aromatic N) is 1. The van der Waals surface area contributed by atoms with Crippen LogP contribution in [0, 0.1) is 11.6 Å². The van der Waals surface area contributed by atoms with Gasteiger partial charge in [0.1, 0.15) is 11.6 Å². The summed E-state index contributed by atoms with van der Waals surface area (Å²) in [6, 6.07) is 11.5. The van der Waals surface area contributed by atoms with Crippen molar-refractivity contribution in [3.05, 3.63) is 70.8 Å². The number of hydrogen-bond acceptors (Lipinski definition) is 6. The summed E-state index contributed by atoms with van der Waals surface area (Å²) in [5.74, 6) is -1.41. The van der Waals surface area contributed by atoms with Crippen LogP contribution in [-0.4, -0.2) is 64.8 Å². The van der Waals surface area contributed by atoms with E-state index in [2.05, 4.69) is 5.32 Å². The molecule has 1 unspecified atom stereocenters. The molecule has 2 atom stereocenters. The predicted molar refractivity (Wildman–Crippen MR) is 136 cm³/mol. The van der Waals surface area contributed by atoms with E-state index in [9.17, 15) is 8.42 Å². The van der Waals surface area contributed by atoms with Crippen molar-refractivity contribution in [2.24, 2.45) is 0 Å². The smallest absolute Gasteiger partial charge is 0.215 e. The van der Waals surface area contributed by atoms with Crippen LogP contribution in [0.15, 0.2) is 42.5 Å². The number of sulfonamides is 1. The minimum Gasteiger partial charge on any atom is -0.381 e. The first kappa shape index (κ1) is 28.1. The van der Waals surface area contributed by atoms with Crippen molar-refractivity contribution in [1.29, 1.82) is 0 Å². The molecule has 2 fully saturated rings. The third-order valence-corrected chi connectivity index (χ3v) is 9.64. The molecule has 4 rings (SSSR count). The van der Waals surface area contributed by atoms with Gasteiger partial charge in [-0.25, -0.2) is 17.2 Å². The van der Waals surface area contributed by atoms with Crippen molar-refractivity contribution in [2.75, 3.05) is 39.7 Å². The quantitative estimate of drug-likeness (QED) is 0.489. The van der Waals surface area contributed by atoms with Crippen molar-refractivity contribution in [1.82, 2.24) is 9.62 Å². The fourth-order valence-electron chi connectivity index (χ4n) is 5.48. The summed E-state index contributed by atoms with van der Waals surface area (Å²) in [6.07, 6.45) is 0.957. The average molecular weight is 539 g/mol. The molecule has 0 radical (unpaired) electrons. The maximum Gasteiger partial charge on any atom is 0.215 e. The van der Waals surface area contributed by atoms with E-state index >= 15 is 8.78 Å². The lowest BCUT2D eigenvalue weighted by molar-refractivity contribution is -0.105. The first-order chi connectivity index (χ1) is 17.7. The second-order valence-electron chi connectivity index (χ2n) is 9.92. The van der Waals surface area contributed by atoms with Gasteiger partial charge >= 0.3 is 0 Å². The van der Waals surface area contributed by atoms with Crippen LogP contribution in [0.5, 0.6) is 0 Å². The van der Waals surface area contributed by atoms with Gasteiger partial charge in [-0.05, 0) is 43.9 Å². The van der Waals surface area contributed by atoms with Gasteiger partial charge in [0.15, 0.2) is 6.29 Å². The molecule has 2 aliphatic heterocycles. The number of benzene rings is 2. The van der Waals surface area contributed by atoms with Gasteiger partial charge in [0.25, 0.3) is 0 Å². The van der Waals surface area contributed by atoms with Gasteiger partial charge in [-0.2, -0.15) is 4.31 Å². The molecule has 1 N–H and O–H groups in total. The van der Waals surface area contributed by atoms with Gasteiger partial charge in [0, 0.05) is 63.6 Å². The lowest BCUT2D eigenvalue weighted by Gasteiger charge is -2.40. The zero-order chi connectivity index (χ0) is 26.6. The SMILES string of the molecule is COC(CNC1(c2cc(F)c(CN3[C@@H](C)CC(c4ccccc4)CS3(=O)=O)cc2F)CCOCC1)OC. The van der Waals surface area contributed by atoms with E-state index in [4.69, 9.17) is 14.2 Å². The Morgan fingerprint density at radius 3 is 2.41 bits per heavy atom. The van der Waals surface area contributed by atoms with Crippen LogP contribution < -0.4 is 5.32 Å². The minimum absolute atomic E-state index is 0.0173. The molecule has 2 aromatic carbocycles. The highest BCUT2D eigenvalue weighted by atomic mass is 32.2. The normalized spacial score (nSPS) is 23.8. The highest BCUT2D eigenvalue weighted by molar-refractivity contribution is 7.89. The average Bonchev–Trinajstić information content (AvgIpc) is 2.89. The summed E-state index contributed by atoms with van der Waals surface area (Å²) in [5.41, 5.74) is 0.327. The molecule has 2 aromatic rings. The molecule has 0 amide bonds. The summed E-state index contributed by atoms with van der Waals surface area (Å²) in [4.78, 5) is 0. The number of ether oxygens (including phenoxy) is 3. The highest BCUT2D eigenvalue weighted by Crippen LogP contribution is 2.37. The van der Waals surface area contributed by atoms with Crippen LogP contribution in [0.1, 0.15) is 48.8 Å². The predicted octanol–water partition coefficient (Wildman–Crippen LogP) is 3.89. The van der Waals surface area contributed by atoms with E-state index < -0.39 is 33.5 Å². The highest BCUT2D eigenvalue weighted by Gasteiger charge is 2.40. The second kappa shape index (κ2) is 11.8. The van der Waals surface area contributed by atoms with Crippen LogP contribution in [0.3, 0.4) is 0 Å². The van der Waals surface area contributed by atoms with Crippen LogP contribution in [0.4, 0.5) is 8.78 Å². The number of halogens is 2. The van der Waals surface area contributed by atoms with Gasteiger partial charge in [-0.1, -0.05) is 30.3 Å². The largest absolute Gasteiger partial charge is 0.381 e. The van der Waals surface area contributed by atoms with Crippen molar-refractivity contribution >= 4 is 10.0 Å². The molecule has 0 aromatic heterocycles. The lowest BCUT2D eigenvalue weighted by atomic mass is 9.81. The number of nitrogens with one attached hydrogen (secondary N) is 1. The number of rotatable bonds is 9. The second-order valence-corrected chi connectivity index (χ2v) is 11.9. The Kier molecular flexibility index (Phi) is 8.98. The van der Waals surface area contributed by atoms with Crippen LogP contribution >= 0.6 is 0 Å². The summed E-state index contributed by atoms with van der Waals surface area (Å²) >= 11 is 0. The Balaban J connectivity index is 1.57. The molecule has 10 heteroatoms. The summed E-state index contributed by atoms with van der Waals surface area (Å²) < 4.78 is 74.8. The van der Waals surface area contributed by atoms with Gasteiger partial charge in [-0.15, -0.1) is 0 Å². The van der Waals surface area contributed by atoms with Crippen LogP contribution in [-0.2, 0) is 36.3 Å². The van der Waals surface area contributed by atoms with Crippen molar-refractivity contribution < 1.29 is 31.4 Å². The Morgan fingerprint density at radius 1 is 1.11 bits per heavy atom. The van der Waals surface area contributed by atoms with E-state index in [1.807, 2.05) is 37.3 Å². The molecule has 0 spiro atoms. The summed E-state index contributed by atoms with van der Waals surface area (Å²) in [7, 11) is -0.651. The molecule has 7 nitrogen and oxygen atoms in total. The molecule has 2 saturated heterocycles. The zero-order valence-electron chi connectivity index (χ0n) is 21.6. The molecule has 204 valence electrons. The summed E-state index contributed by atoms with van der Waals surface area (Å²) in [5, 5.41) is 3.32. The van der Waals surface area contributed by atoms with Crippen molar-refractivity contribution in [2.45, 2.75) is 56.5 Å². The zero-order valence-corrected chi connectivity index (χ0v) is 22.4. The third-order valence-electron chi connectivity index (χ3n) is 7.61. The molecule has 2 aliphatic rings. The maximum atomic E-state index is 15.6. The number of hydrogen-bond donors (Lipinski definition) is 1. The molecule has 0 saturated carbocycles. The first-order valence-electron chi connectivity index (χ1n) is 12.6. The van der Waals surface area contributed by atoms with Gasteiger partial charge in [0.2, 0.25) is 10.0 Å². The lowest BCUT2D eigenvalue weighted by Crippen LogP contribution is -2.50. The third kappa shape index (κ3) is 6.21. The Morgan fingerprint density at radius 2 is 1.78 bits per heavy atom. The molecule has 37 heavy (non-hydrogen) atoms. The van der Waals surface area contributed by atoms with Crippen LogP contribution in [0.25, 0.3) is 0 Å². The Labute approximate surface area is 218 Å². The minimum atomic E-state index is -3.68. The maximum absolute atomic E-state index is 15.6. The van der Waals surface area contributed by atoms with E-state index in [0.717, 1.165) is 11.6 Å². The van der Waals surface area contributed by atoms with Gasteiger partial charge < -0.3 is 19.5 Å². The topological polar surface area (TPSA) is 77.1 Å². The van der Waals surface area contributed by atoms with E-state index in [-0.39, 0.29) is 41.9 Å². The molecule has 0 bridgehead atoms. The van der Waals surface area contributed by atoms with E-state index in [1.165, 1.54) is 24.6 Å². The molecule has 2 heterocycles. The molecular formula is C27H36F2N2O5S. The van der Waals surface area contributed by atoms with Crippen molar-refractivity contribution in [3.8, 4) is 0 Å². The number of methoxy groups -OCH3 is 2. The van der Waals surface area contributed by atoms with Gasteiger partial charge in [0.05, 0.1) is 11.3 Å². The fraction of sp³-hybridized carbons (Fsp3) is 0.556. The van der Waals surface area contributed by atoms with Gasteiger partial charge in [-0.3, -0.25) is 0 Å². The monoisotopic (exact) mass is 538 g/mol.